The van der Waals surface area contributed by atoms with E-state index in [9.17, 15) is 23.3 Å². The van der Waals surface area contributed by atoms with Crippen LogP contribution < -0.4 is 10.0 Å². The van der Waals surface area contributed by atoms with Gasteiger partial charge in [0.25, 0.3) is 11.6 Å². The fourth-order valence-corrected chi connectivity index (χ4v) is 3.57. The van der Waals surface area contributed by atoms with E-state index < -0.39 is 20.9 Å². The summed E-state index contributed by atoms with van der Waals surface area (Å²) in [5, 5.41) is 13.7. The van der Waals surface area contributed by atoms with Gasteiger partial charge in [-0.05, 0) is 50.2 Å². The van der Waals surface area contributed by atoms with Crippen LogP contribution in [0.25, 0.3) is 0 Å². The Labute approximate surface area is 155 Å². The minimum absolute atomic E-state index is 0.0398. The Morgan fingerprint density at radius 3 is 2.31 bits per heavy atom. The predicted octanol–water partition coefficient (Wildman–Crippen LogP) is 3.19. The predicted molar refractivity (Wildman–Crippen MR) is 98.0 cm³/mol. The number of nitro groups is 1. The maximum atomic E-state index is 12.3. The molecule has 0 aliphatic heterocycles. The van der Waals surface area contributed by atoms with Crippen LogP contribution >= 0.6 is 11.6 Å². The third-order valence-electron chi connectivity index (χ3n) is 3.21. The Morgan fingerprint density at radius 2 is 1.77 bits per heavy atom. The van der Waals surface area contributed by atoms with Crippen LogP contribution in [0.5, 0.6) is 0 Å². The molecule has 0 spiro atoms. The normalized spacial score (nSPS) is 11.4. The second kappa shape index (κ2) is 7.81. The van der Waals surface area contributed by atoms with Gasteiger partial charge in [0, 0.05) is 22.8 Å². The smallest absolute Gasteiger partial charge is 0.282 e. The van der Waals surface area contributed by atoms with E-state index in [0.717, 1.165) is 6.07 Å². The average molecular weight is 398 g/mol. The van der Waals surface area contributed by atoms with Crippen LogP contribution in [-0.4, -0.2) is 25.3 Å². The highest BCUT2D eigenvalue weighted by molar-refractivity contribution is 7.89. The van der Waals surface area contributed by atoms with Gasteiger partial charge in [0.2, 0.25) is 10.0 Å². The van der Waals surface area contributed by atoms with Crippen molar-refractivity contribution in [2.75, 3.05) is 5.32 Å². The Morgan fingerprint density at radius 1 is 1.15 bits per heavy atom. The zero-order valence-corrected chi connectivity index (χ0v) is 15.5. The molecule has 0 aromatic heterocycles. The first-order valence-corrected chi connectivity index (χ1v) is 9.34. The molecule has 0 bridgehead atoms. The lowest BCUT2D eigenvalue weighted by Crippen LogP contribution is -2.30. The molecule has 2 aromatic rings. The number of carbonyl (C=O) groups excluding carboxylic acids is 1. The summed E-state index contributed by atoms with van der Waals surface area (Å²) in [5.74, 6) is -0.727. The Bertz CT molecular complexity index is 943. The van der Waals surface area contributed by atoms with Crippen molar-refractivity contribution < 1.29 is 18.1 Å². The van der Waals surface area contributed by atoms with Crippen LogP contribution in [0.3, 0.4) is 0 Å². The van der Waals surface area contributed by atoms with E-state index in [1.807, 2.05) is 0 Å². The minimum Gasteiger partial charge on any atom is -0.322 e. The third-order valence-corrected chi connectivity index (χ3v) is 5.12. The van der Waals surface area contributed by atoms with E-state index in [4.69, 9.17) is 11.6 Å². The Hall–Kier alpha value is -2.49. The standard InChI is InChI=1S/C16H16ClN3O5S/c1-10(2)19-26(24,25)13-6-4-12(5-7-13)18-16(21)14-9-11(17)3-8-15(14)20(22)23/h3-10,19H,1-2H3,(H,18,21). The summed E-state index contributed by atoms with van der Waals surface area (Å²) >= 11 is 5.80. The minimum atomic E-state index is -3.65. The molecule has 0 aliphatic carbocycles. The van der Waals surface area contributed by atoms with E-state index in [1.165, 1.54) is 36.4 Å². The number of sulfonamides is 1. The fraction of sp³-hybridized carbons (Fsp3) is 0.188. The number of hydrogen-bond donors (Lipinski definition) is 2. The van der Waals surface area contributed by atoms with Crippen LogP contribution in [-0.2, 0) is 10.0 Å². The van der Waals surface area contributed by atoms with Crippen molar-refractivity contribution in [2.24, 2.45) is 0 Å². The summed E-state index contributed by atoms with van der Waals surface area (Å²) in [6.07, 6.45) is 0. The summed E-state index contributed by atoms with van der Waals surface area (Å²) in [7, 11) is -3.65. The number of nitrogens with zero attached hydrogens (tertiary/aromatic N) is 1. The summed E-state index contributed by atoms with van der Waals surface area (Å²) in [6, 6.07) is 8.83. The Kier molecular flexibility index (Phi) is 5.96. The monoisotopic (exact) mass is 397 g/mol. The first-order valence-electron chi connectivity index (χ1n) is 7.48. The van der Waals surface area contributed by atoms with Crippen molar-refractivity contribution in [2.45, 2.75) is 24.8 Å². The molecule has 0 aliphatic rings. The van der Waals surface area contributed by atoms with Crippen molar-refractivity contribution in [1.82, 2.24) is 4.72 Å². The van der Waals surface area contributed by atoms with Crippen LogP contribution in [0.1, 0.15) is 24.2 Å². The number of nitrogens with one attached hydrogen (secondary N) is 2. The molecule has 8 nitrogen and oxygen atoms in total. The molecule has 2 N–H and O–H groups in total. The molecule has 2 rings (SSSR count). The molecule has 0 atom stereocenters. The topological polar surface area (TPSA) is 118 Å². The maximum Gasteiger partial charge on any atom is 0.282 e. The second-order valence-electron chi connectivity index (χ2n) is 5.67. The lowest BCUT2D eigenvalue weighted by molar-refractivity contribution is -0.385. The summed E-state index contributed by atoms with van der Waals surface area (Å²) < 4.78 is 26.6. The van der Waals surface area contributed by atoms with Gasteiger partial charge in [-0.15, -0.1) is 0 Å². The third kappa shape index (κ3) is 4.78. The van der Waals surface area contributed by atoms with Gasteiger partial charge in [-0.1, -0.05) is 11.6 Å². The van der Waals surface area contributed by atoms with Crippen molar-refractivity contribution in [1.29, 1.82) is 0 Å². The number of anilines is 1. The highest BCUT2D eigenvalue weighted by atomic mass is 35.5. The molecular weight excluding hydrogens is 382 g/mol. The van der Waals surface area contributed by atoms with E-state index in [1.54, 1.807) is 13.8 Å². The van der Waals surface area contributed by atoms with E-state index in [0.29, 0.717) is 0 Å². The van der Waals surface area contributed by atoms with Crippen molar-refractivity contribution >= 4 is 38.9 Å². The lowest BCUT2D eigenvalue weighted by atomic mass is 10.1. The molecule has 0 saturated carbocycles. The molecular formula is C16H16ClN3O5S. The van der Waals surface area contributed by atoms with Crippen LogP contribution in [0.4, 0.5) is 11.4 Å². The van der Waals surface area contributed by atoms with Crippen molar-refractivity contribution in [3.8, 4) is 0 Å². The van der Waals surface area contributed by atoms with Gasteiger partial charge in [-0.2, -0.15) is 0 Å². The van der Waals surface area contributed by atoms with Crippen LogP contribution in [0.15, 0.2) is 47.4 Å². The molecule has 0 radical (unpaired) electrons. The van der Waals surface area contributed by atoms with Gasteiger partial charge in [-0.3, -0.25) is 14.9 Å². The SMILES string of the molecule is CC(C)NS(=O)(=O)c1ccc(NC(=O)c2cc(Cl)ccc2[N+](=O)[O-])cc1. The highest BCUT2D eigenvalue weighted by Crippen LogP contribution is 2.24. The molecule has 0 saturated heterocycles. The molecule has 10 heteroatoms. The number of hydrogen-bond acceptors (Lipinski definition) is 5. The summed E-state index contributed by atoms with van der Waals surface area (Å²) in [6.45, 7) is 3.40. The first kappa shape index (κ1) is 19.8. The molecule has 2 aromatic carbocycles. The zero-order chi connectivity index (χ0) is 19.5. The second-order valence-corrected chi connectivity index (χ2v) is 7.82. The molecule has 0 unspecified atom stereocenters. The molecule has 0 heterocycles. The van der Waals surface area contributed by atoms with Gasteiger partial charge < -0.3 is 5.32 Å². The summed E-state index contributed by atoms with van der Waals surface area (Å²) in [5.41, 5.74) is -0.291. The quantitative estimate of drug-likeness (QED) is 0.573. The number of benzene rings is 2. The fourth-order valence-electron chi connectivity index (χ4n) is 2.14. The number of carbonyl (C=O) groups is 1. The van der Waals surface area contributed by atoms with Gasteiger partial charge in [0.1, 0.15) is 5.56 Å². The lowest BCUT2D eigenvalue weighted by Gasteiger charge is -2.10. The van der Waals surface area contributed by atoms with Gasteiger partial charge in [0.05, 0.1) is 9.82 Å². The molecule has 0 fully saturated rings. The molecule has 1 amide bonds. The molecule has 138 valence electrons. The zero-order valence-electron chi connectivity index (χ0n) is 13.9. The Balaban J connectivity index is 2.24. The largest absolute Gasteiger partial charge is 0.322 e. The summed E-state index contributed by atoms with van der Waals surface area (Å²) in [4.78, 5) is 22.7. The van der Waals surface area contributed by atoms with Gasteiger partial charge in [0.15, 0.2) is 0 Å². The highest BCUT2D eigenvalue weighted by Gasteiger charge is 2.21. The van der Waals surface area contributed by atoms with Crippen molar-refractivity contribution in [3.05, 3.63) is 63.2 Å². The number of rotatable bonds is 6. The first-order chi connectivity index (χ1) is 12.1. The van der Waals surface area contributed by atoms with E-state index in [2.05, 4.69) is 10.0 Å². The number of amides is 1. The van der Waals surface area contributed by atoms with Crippen LogP contribution in [0.2, 0.25) is 5.02 Å². The number of halogens is 1. The number of nitro benzene ring substituents is 1. The maximum absolute atomic E-state index is 12.3. The van der Waals surface area contributed by atoms with Gasteiger partial charge >= 0.3 is 0 Å². The van der Waals surface area contributed by atoms with Gasteiger partial charge in [-0.25, -0.2) is 13.1 Å². The van der Waals surface area contributed by atoms with Crippen LogP contribution in [0, 0.1) is 10.1 Å². The van der Waals surface area contributed by atoms with E-state index in [-0.39, 0.29) is 32.9 Å². The van der Waals surface area contributed by atoms with Crippen molar-refractivity contribution in [3.63, 3.8) is 0 Å². The molecule has 26 heavy (non-hydrogen) atoms. The average Bonchev–Trinajstić information content (AvgIpc) is 2.53. The van der Waals surface area contributed by atoms with E-state index >= 15 is 0 Å².